The maximum absolute atomic E-state index is 5.41. The molecule has 127 valence electrons. The number of hydrogen-bond acceptors (Lipinski definition) is 0. The number of halogens is 2. The molecule has 0 amide bonds. The summed E-state index contributed by atoms with van der Waals surface area (Å²) in [6.45, 7) is 7.97. The van der Waals surface area contributed by atoms with Crippen LogP contribution in [-0.4, -0.2) is 26.5 Å². The summed E-state index contributed by atoms with van der Waals surface area (Å²) in [7, 11) is 10.8. The van der Waals surface area contributed by atoms with Crippen LogP contribution in [0.25, 0.3) is 0 Å². The van der Waals surface area contributed by atoms with E-state index in [-0.39, 0.29) is 18.6 Å². The molecule has 0 spiro atoms. The van der Waals surface area contributed by atoms with Crippen molar-refractivity contribution < 1.29 is 18.6 Å². The molecule has 0 fully saturated rings. The molecule has 2 aromatic heterocycles. The van der Waals surface area contributed by atoms with Gasteiger partial charge in [0.2, 0.25) is 0 Å². The van der Waals surface area contributed by atoms with E-state index >= 15 is 0 Å². The van der Waals surface area contributed by atoms with Gasteiger partial charge in [0, 0.05) is 0 Å². The van der Waals surface area contributed by atoms with Gasteiger partial charge in [-0.2, -0.15) is 22.8 Å². The molecular formula is C16H28Al2Cl2N2V. The second-order valence-corrected chi connectivity index (χ2v) is 14.8. The van der Waals surface area contributed by atoms with Gasteiger partial charge >= 0.3 is 45.0 Å². The predicted molar refractivity (Wildman–Crippen MR) is 105 cm³/mol. The Kier molecular flexibility index (Phi) is 21.9. The molecule has 0 N–H and O–H groups in total. The SMILES string of the molecule is Cc1ccc(C)[n-]1.Cc1ccc(C)[n-]1.[CH3][Al]([CH3])[Cl].[CH3][Al]([CH3])[Cl].[V+2]. The van der Waals surface area contributed by atoms with Crippen molar-refractivity contribution in [2.24, 2.45) is 0 Å². The maximum Gasteiger partial charge on any atom is 2.00 e. The molecule has 2 heterocycles. The van der Waals surface area contributed by atoms with Crippen molar-refractivity contribution in [1.82, 2.24) is 9.97 Å². The van der Waals surface area contributed by atoms with Crippen molar-refractivity contribution in [3.05, 3.63) is 47.0 Å². The number of nitrogens with zero attached hydrogens (tertiary/aromatic N) is 2. The Balaban J connectivity index is -0.000000238. The van der Waals surface area contributed by atoms with Gasteiger partial charge in [-0.25, -0.2) is 0 Å². The molecule has 2 rings (SSSR count). The normalized spacial score (nSPS) is 8.09. The largest absolute Gasteiger partial charge is 2.00 e. The Morgan fingerprint density at radius 3 is 0.783 bits per heavy atom. The minimum Gasteiger partial charge on any atom is -0.665 e. The molecule has 0 saturated carbocycles. The van der Waals surface area contributed by atoms with Crippen LogP contribution in [0.1, 0.15) is 22.8 Å². The summed E-state index contributed by atoms with van der Waals surface area (Å²) in [5.41, 5.74) is 4.44. The maximum atomic E-state index is 5.41. The fourth-order valence-corrected chi connectivity index (χ4v) is 1.19. The van der Waals surface area contributed by atoms with E-state index < -0.39 is 26.5 Å². The zero-order valence-corrected chi connectivity index (χ0v) is 20.8. The second kappa shape index (κ2) is 17.6. The Bertz CT molecular complexity index is 403. The van der Waals surface area contributed by atoms with Crippen LogP contribution >= 0.6 is 20.1 Å². The summed E-state index contributed by atoms with van der Waals surface area (Å²) in [6.07, 6.45) is 0. The molecule has 0 unspecified atom stereocenters. The summed E-state index contributed by atoms with van der Waals surface area (Å²) in [4.78, 5) is 8.22. The van der Waals surface area contributed by atoms with Crippen molar-refractivity contribution in [2.75, 3.05) is 0 Å². The van der Waals surface area contributed by atoms with Crippen LogP contribution in [0.15, 0.2) is 24.3 Å². The van der Waals surface area contributed by atoms with Gasteiger partial charge in [-0.15, -0.1) is 0 Å². The molecule has 0 aliphatic rings. The molecule has 2 nitrogen and oxygen atoms in total. The first-order chi connectivity index (χ1) is 10.0. The summed E-state index contributed by atoms with van der Waals surface area (Å²) >= 11 is -1.33. The minimum absolute atomic E-state index is 0. The first-order valence-corrected chi connectivity index (χ1v) is 15.6. The van der Waals surface area contributed by atoms with Gasteiger partial charge in [-0.05, 0) is 0 Å². The van der Waals surface area contributed by atoms with Crippen LogP contribution in [-0.2, 0) is 18.6 Å². The summed E-state index contributed by atoms with van der Waals surface area (Å²) in [5, 5.41) is 0. The van der Waals surface area contributed by atoms with Crippen molar-refractivity contribution in [3.8, 4) is 0 Å². The van der Waals surface area contributed by atoms with E-state index in [1.165, 1.54) is 0 Å². The average Bonchev–Trinajstić information content (AvgIpc) is 2.86. The number of hydrogen-bond donors (Lipinski definition) is 0. The van der Waals surface area contributed by atoms with Crippen LogP contribution in [0.2, 0.25) is 23.1 Å². The van der Waals surface area contributed by atoms with Gasteiger partial charge in [-0.3, -0.25) is 20.1 Å². The minimum atomic E-state index is -0.667. The third-order valence-corrected chi connectivity index (χ3v) is 1.84. The molecule has 7 heteroatoms. The molecule has 0 aromatic carbocycles. The van der Waals surface area contributed by atoms with Gasteiger partial charge in [0.1, 0.15) is 0 Å². The first-order valence-electron chi connectivity index (χ1n) is 7.46. The van der Waals surface area contributed by atoms with E-state index in [1.54, 1.807) is 0 Å². The van der Waals surface area contributed by atoms with Gasteiger partial charge in [0.25, 0.3) is 0 Å². The number of aryl methyl sites for hydroxylation is 4. The Hall–Kier alpha value is 0.789. The molecule has 0 aliphatic carbocycles. The van der Waals surface area contributed by atoms with Crippen molar-refractivity contribution in [2.45, 2.75) is 50.8 Å². The molecule has 23 heavy (non-hydrogen) atoms. The molecule has 1 radical (unpaired) electrons. The predicted octanol–water partition coefficient (Wildman–Crippen LogP) is 5.47. The standard InChI is InChI=1S/2C6H8N.4CH3.2Al.2ClH.V/c2*1-5-3-4-6(2)7-5;;;;;;;;;/h2*3-4H,1-2H3;4*1H3;;;2*1H;/q2*-1;;;;;2*+1;;;+2/p-2. The summed E-state index contributed by atoms with van der Waals surface area (Å²) < 4.78 is 0. The Labute approximate surface area is 171 Å². The third kappa shape index (κ3) is 27.9. The fourth-order valence-electron chi connectivity index (χ4n) is 1.19. The van der Waals surface area contributed by atoms with Crippen molar-refractivity contribution in [3.63, 3.8) is 0 Å². The van der Waals surface area contributed by atoms with E-state index in [9.17, 15) is 0 Å². The van der Waals surface area contributed by atoms with Gasteiger partial charge in [0.05, 0.1) is 0 Å². The Morgan fingerprint density at radius 2 is 0.739 bits per heavy atom. The van der Waals surface area contributed by atoms with Crippen LogP contribution in [0.4, 0.5) is 0 Å². The van der Waals surface area contributed by atoms with Crippen LogP contribution in [0, 0.1) is 27.7 Å². The van der Waals surface area contributed by atoms with E-state index in [0.29, 0.717) is 0 Å². The topological polar surface area (TPSA) is 28.2 Å². The zero-order valence-electron chi connectivity index (χ0n) is 15.6. The average molecular weight is 424 g/mol. The van der Waals surface area contributed by atoms with Crippen LogP contribution in [0.3, 0.4) is 0 Å². The molecule has 2 aromatic rings. The van der Waals surface area contributed by atoms with E-state index in [0.717, 1.165) is 22.8 Å². The number of rotatable bonds is 0. The summed E-state index contributed by atoms with van der Waals surface area (Å²) in [6, 6.07) is 8.04. The molecule has 0 aliphatic heterocycles. The summed E-state index contributed by atoms with van der Waals surface area (Å²) in [5.74, 6) is 8.28. The van der Waals surface area contributed by atoms with Crippen molar-refractivity contribution >= 4 is 46.6 Å². The zero-order chi connectivity index (χ0) is 17.7. The van der Waals surface area contributed by atoms with E-state index in [1.807, 2.05) is 52.0 Å². The van der Waals surface area contributed by atoms with Gasteiger partial charge in [0.15, 0.2) is 0 Å². The quantitative estimate of drug-likeness (QED) is 0.525. The van der Waals surface area contributed by atoms with Crippen LogP contribution in [0.5, 0.6) is 0 Å². The van der Waals surface area contributed by atoms with E-state index in [4.69, 9.17) is 20.1 Å². The smallest absolute Gasteiger partial charge is 0.665 e. The first kappa shape index (κ1) is 28.6. The Morgan fingerprint density at radius 1 is 0.609 bits per heavy atom. The molecule has 0 saturated heterocycles. The monoisotopic (exact) mass is 423 g/mol. The molecule has 0 bridgehead atoms. The van der Waals surface area contributed by atoms with E-state index in [2.05, 4.69) is 33.1 Å². The van der Waals surface area contributed by atoms with Gasteiger partial charge in [-0.1, -0.05) is 75.1 Å². The van der Waals surface area contributed by atoms with Crippen LogP contribution < -0.4 is 9.97 Å². The fraction of sp³-hybridized carbons (Fsp3) is 0.500. The third-order valence-electron chi connectivity index (χ3n) is 1.84. The number of aromatic nitrogens is 2. The second-order valence-electron chi connectivity index (χ2n) is 5.48. The van der Waals surface area contributed by atoms with Gasteiger partial charge < -0.3 is 9.97 Å². The van der Waals surface area contributed by atoms with Crippen molar-refractivity contribution in [1.29, 1.82) is 0 Å². The molecular weight excluding hydrogens is 396 g/mol. The molecule has 0 atom stereocenters.